The second-order valence-electron chi connectivity index (χ2n) is 6.85. The van der Waals surface area contributed by atoms with Crippen LogP contribution in [-0.4, -0.2) is 35.6 Å². The average Bonchev–Trinajstić information content (AvgIpc) is 2.79. The fourth-order valence-electron chi connectivity index (χ4n) is 4.17. The van der Waals surface area contributed by atoms with Crippen LogP contribution in [0.4, 0.5) is 0 Å². The van der Waals surface area contributed by atoms with Crippen molar-refractivity contribution in [3.05, 3.63) is 0 Å². The van der Waals surface area contributed by atoms with Gasteiger partial charge >= 0.3 is 0 Å². The molecule has 2 aliphatic rings. The first-order valence-electron chi connectivity index (χ1n) is 8.08. The molecule has 0 radical (unpaired) electrons. The maximum atomic E-state index is 3.75. The van der Waals surface area contributed by atoms with Crippen molar-refractivity contribution in [1.82, 2.24) is 10.2 Å². The summed E-state index contributed by atoms with van der Waals surface area (Å²) >= 11 is 0. The van der Waals surface area contributed by atoms with Crippen molar-refractivity contribution in [3.8, 4) is 0 Å². The van der Waals surface area contributed by atoms with Crippen LogP contribution < -0.4 is 5.32 Å². The molecule has 1 N–H and O–H groups in total. The highest BCUT2D eigenvalue weighted by Gasteiger charge is 2.42. The molecule has 0 aromatic rings. The lowest BCUT2D eigenvalue weighted by Crippen LogP contribution is -2.59. The van der Waals surface area contributed by atoms with Crippen LogP contribution in [0.2, 0.25) is 0 Å². The first-order valence-corrected chi connectivity index (χ1v) is 8.08. The molecule has 2 fully saturated rings. The van der Waals surface area contributed by atoms with Gasteiger partial charge in [-0.3, -0.25) is 4.90 Å². The molecule has 1 heterocycles. The molecule has 18 heavy (non-hydrogen) atoms. The second-order valence-corrected chi connectivity index (χ2v) is 6.85. The Hall–Kier alpha value is -0.0800. The van der Waals surface area contributed by atoms with Gasteiger partial charge in [-0.25, -0.2) is 0 Å². The molecule has 2 nitrogen and oxygen atoms in total. The molecule has 0 bridgehead atoms. The molecule has 0 aromatic carbocycles. The number of nitrogens with zero attached hydrogens (tertiary/aromatic N) is 1. The lowest BCUT2D eigenvalue weighted by Gasteiger charge is -2.50. The van der Waals surface area contributed by atoms with Gasteiger partial charge in [-0.1, -0.05) is 26.7 Å². The predicted octanol–water partition coefficient (Wildman–Crippen LogP) is 3.42. The molecule has 2 rings (SSSR count). The molecular formula is C16H32N2. The Labute approximate surface area is 114 Å². The number of rotatable bonds is 4. The van der Waals surface area contributed by atoms with Crippen LogP contribution in [-0.2, 0) is 0 Å². The van der Waals surface area contributed by atoms with Crippen molar-refractivity contribution in [1.29, 1.82) is 0 Å². The topological polar surface area (TPSA) is 15.3 Å². The average molecular weight is 252 g/mol. The van der Waals surface area contributed by atoms with Gasteiger partial charge in [0.2, 0.25) is 0 Å². The van der Waals surface area contributed by atoms with Crippen LogP contribution >= 0.6 is 0 Å². The molecule has 1 saturated heterocycles. The zero-order valence-corrected chi connectivity index (χ0v) is 12.8. The van der Waals surface area contributed by atoms with E-state index in [9.17, 15) is 0 Å². The van der Waals surface area contributed by atoms with Crippen LogP contribution in [0.3, 0.4) is 0 Å². The molecule has 0 spiro atoms. The highest BCUT2D eigenvalue weighted by molar-refractivity contribution is 4.99. The van der Waals surface area contributed by atoms with Crippen molar-refractivity contribution < 1.29 is 0 Å². The van der Waals surface area contributed by atoms with Gasteiger partial charge in [0.15, 0.2) is 0 Å². The van der Waals surface area contributed by atoms with Gasteiger partial charge in [-0.05, 0) is 52.0 Å². The van der Waals surface area contributed by atoms with Crippen molar-refractivity contribution in [2.45, 2.75) is 83.8 Å². The predicted molar refractivity (Wildman–Crippen MR) is 78.9 cm³/mol. The third kappa shape index (κ3) is 2.75. The van der Waals surface area contributed by atoms with E-state index in [-0.39, 0.29) is 0 Å². The number of hydrogen-bond acceptors (Lipinski definition) is 2. The van der Waals surface area contributed by atoms with E-state index >= 15 is 0 Å². The lowest BCUT2D eigenvalue weighted by molar-refractivity contribution is -0.00119. The summed E-state index contributed by atoms with van der Waals surface area (Å²) in [5.74, 6) is 0.780. The molecule has 106 valence electrons. The molecule has 1 saturated carbocycles. The highest BCUT2D eigenvalue weighted by Crippen LogP contribution is 2.39. The fraction of sp³-hybridized carbons (Fsp3) is 1.00. The van der Waals surface area contributed by atoms with Gasteiger partial charge in [-0.15, -0.1) is 0 Å². The van der Waals surface area contributed by atoms with E-state index < -0.39 is 0 Å². The minimum atomic E-state index is 0.503. The zero-order valence-electron chi connectivity index (χ0n) is 12.8. The maximum absolute atomic E-state index is 3.75. The Morgan fingerprint density at radius 1 is 1.22 bits per heavy atom. The van der Waals surface area contributed by atoms with E-state index in [1.807, 2.05) is 0 Å². The van der Waals surface area contributed by atoms with E-state index in [0.29, 0.717) is 5.54 Å². The van der Waals surface area contributed by atoms with E-state index in [0.717, 1.165) is 18.0 Å². The Morgan fingerprint density at radius 3 is 2.50 bits per heavy atom. The van der Waals surface area contributed by atoms with Gasteiger partial charge in [0, 0.05) is 24.2 Å². The first kappa shape index (κ1) is 14.3. The van der Waals surface area contributed by atoms with Crippen molar-refractivity contribution in [2.24, 2.45) is 5.92 Å². The summed E-state index contributed by atoms with van der Waals surface area (Å²) in [6.45, 7) is 12.1. The largest absolute Gasteiger partial charge is 0.314 e. The summed E-state index contributed by atoms with van der Waals surface area (Å²) in [6, 6.07) is 1.47. The standard InChI is InChI=1S/C16H32N2/c1-5-11-17-15-8-12-18(14(3)13(15)2)16(4)9-6-7-10-16/h13-15,17H,5-12H2,1-4H3. The third-order valence-electron chi connectivity index (χ3n) is 5.60. The smallest absolute Gasteiger partial charge is 0.0184 e. The van der Waals surface area contributed by atoms with Crippen LogP contribution in [0, 0.1) is 5.92 Å². The summed E-state index contributed by atoms with van der Waals surface area (Å²) in [4.78, 5) is 2.83. The number of nitrogens with one attached hydrogen (secondary N) is 1. The summed E-state index contributed by atoms with van der Waals surface area (Å²) in [5, 5.41) is 3.75. The van der Waals surface area contributed by atoms with Crippen LogP contribution in [0.1, 0.15) is 66.2 Å². The van der Waals surface area contributed by atoms with Gasteiger partial charge in [0.25, 0.3) is 0 Å². The zero-order chi connectivity index (χ0) is 13.2. The van der Waals surface area contributed by atoms with Crippen molar-refractivity contribution in [3.63, 3.8) is 0 Å². The minimum absolute atomic E-state index is 0.503. The molecule has 3 unspecified atom stereocenters. The maximum Gasteiger partial charge on any atom is 0.0184 e. The summed E-state index contributed by atoms with van der Waals surface area (Å²) in [5.41, 5.74) is 0.503. The van der Waals surface area contributed by atoms with Gasteiger partial charge in [0.05, 0.1) is 0 Å². The van der Waals surface area contributed by atoms with Crippen LogP contribution in [0.15, 0.2) is 0 Å². The van der Waals surface area contributed by atoms with E-state index in [2.05, 4.69) is 37.9 Å². The highest BCUT2D eigenvalue weighted by atomic mass is 15.2. The SMILES string of the molecule is CCCNC1CCN(C2(C)CCCC2)C(C)C1C. The molecule has 1 aliphatic heterocycles. The molecule has 2 heteroatoms. The minimum Gasteiger partial charge on any atom is -0.314 e. The Morgan fingerprint density at radius 2 is 1.89 bits per heavy atom. The van der Waals surface area contributed by atoms with E-state index in [1.54, 1.807) is 0 Å². The molecule has 3 atom stereocenters. The number of hydrogen-bond donors (Lipinski definition) is 1. The van der Waals surface area contributed by atoms with Crippen LogP contribution in [0.5, 0.6) is 0 Å². The molecule has 1 aliphatic carbocycles. The normalized spacial score (nSPS) is 37.0. The van der Waals surface area contributed by atoms with E-state index in [4.69, 9.17) is 0 Å². The molecule has 0 amide bonds. The fourth-order valence-corrected chi connectivity index (χ4v) is 4.17. The van der Waals surface area contributed by atoms with Gasteiger partial charge < -0.3 is 5.32 Å². The molecule has 0 aromatic heterocycles. The Balaban J connectivity index is 1.97. The van der Waals surface area contributed by atoms with Gasteiger partial charge in [0.1, 0.15) is 0 Å². The summed E-state index contributed by atoms with van der Waals surface area (Å²) < 4.78 is 0. The molecular weight excluding hydrogens is 220 g/mol. The Kier molecular flexibility index (Phi) is 4.71. The third-order valence-corrected chi connectivity index (χ3v) is 5.60. The van der Waals surface area contributed by atoms with Crippen molar-refractivity contribution in [2.75, 3.05) is 13.1 Å². The summed E-state index contributed by atoms with van der Waals surface area (Å²) in [6.07, 6.45) is 8.28. The second kappa shape index (κ2) is 5.92. The van der Waals surface area contributed by atoms with Crippen molar-refractivity contribution >= 4 is 0 Å². The number of piperidine rings is 1. The van der Waals surface area contributed by atoms with E-state index in [1.165, 1.54) is 51.6 Å². The summed E-state index contributed by atoms with van der Waals surface area (Å²) in [7, 11) is 0. The number of likely N-dealkylation sites (tertiary alicyclic amines) is 1. The monoisotopic (exact) mass is 252 g/mol. The first-order chi connectivity index (χ1) is 8.58. The van der Waals surface area contributed by atoms with Gasteiger partial charge in [-0.2, -0.15) is 0 Å². The Bertz CT molecular complexity index is 258. The lowest BCUT2D eigenvalue weighted by atomic mass is 9.82. The quantitative estimate of drug-likeness (QED) is 0.825. The van der Waals surface area contributed by atoms with Crippen LogP contribution in [0.25, 0.3) is 0 Å².